The van der Waals surface area contributed by atoms with Crippen LogP contribution in [0.2, 0.25) is 0 Å². The van der Waals surface area contributed by atoms with E-state index in [-0.39, 0.29) is 72.8 Å². The molecule has 0 unspecified atom stereocenters. The fourth-order valence-corrected chi connectivity index (χ4v) is 7.55. The van der Waals surface area contributed by atoms with Crippen LogP contribution in [0.1, 0.15) is 43.0 Å². The smallest absolute Gasteiger partial charge is 0.411 e. The van der Waals surface area contributed by atoms with Crippen molar-refractivity contribution in [1.29, 1.82) is 0 Å². The summed E-state index contributed by atoms with van der Waals surface area (Å²) in [7, 11) is -21.7. The number of phenolic OH excluding ortho intramolecular Hbond substituents is 2. The summed E-state index contributed by atoms with van der Waals surface area (Å²) in [6.45, 7) is 0. The average Bonchev–Trinajstić information content (AvgIpc) is 3.02. The lowest BCUT2D eigenvalue weighted by Gasteiger charge is -2.38. The lowest BCUT2D eigenvalue weighted by atomic mass is 9.71. The summed E-state index contributed by atoms with van der Waals surface area (Å²) in [5.41, 5.74) is -14.7. The van der Waals surface area contributed by atoms with E-state index in [1.54, 1.807) is 0 Å². The van der Waals surface area contributed by atoms with Crippen LogP contribution in [-0.4, -0.2) is 86.0 Å². The minimum absolute atomic E-state index is 0.00757. The van der Waals surface area contributed by atoms with Crippen LogP contribution >= 0.6 is 0 Å². The summed E-state index contributed by atoms with van der Waals surface area (Å²) >= 11 is 0. The molecule has 296 valence electrons. The van der Waals surface area contributed by atoms with Crippen molar-refractivity contribution in [2.75, 3.05) is 0 Å². The van der Waals surface area contributed by atoms with Gasteiger partial charge in [-0.1, -0.05) is 12.1 Å². The summed E-state index contributed by atoms with van der Waals surface area (Å²) in [4.78, 5) is 21.2. The molecule has 0 aliphatic carbocycles. The fourth-order valence-electron chi connectivity index (χ4n) is 5.20. The number of hydrogen-bond acceptors (Lipinski definition) is 12. The van der Waals surface area contributed by atoms with Crippen molar-refractivity contribution < 1.29 is 98.0 Å². The molecular weight excluding hydrogens is 847 g/mol. The molecule has 4 aromatic carbocycles. The molecule has 0 saturated heterocycles. The van der Waals surface area contributed by atoms with E-state index in [1.807, 2.05) is 0 Å². The van der Waals surface area contributed by atoms with Crippen LogP contribution in [0, 0.1) is 0 Å². The Morgan fingerprint density at radius 1 is 0.436 bits per heavy atom. The van der Waals surface area contributed by atoms with E-state index in [2.05, 4.69) is 0 Å². The van der Waals surface area contributed by atoms with Gasteiger partial charge in [0.05, 0.1) is 30.7 Å². The van der Waals surface area contributed by atoms with Crippen molar-refractivity contribution in [2.45, 2.75) is 37.3 Å². The van der Waals surface area contributed by atoms with Gasteiger partial charge in [-0.3, -0.25) is 27.8 Å². The average molecular weight is 865 g/mol. The fraction of sp³-hybridized carbons (Fsp3) is 0.103. The molecule has 0 atom stereocenters. The number of rotatable bonds is 10. The highest BCUT2D eigenvalue weighted by Gasteiger charge is 2.72. The first-order valence-corrected chi connectivity index (χ1v) is 19.6. The van der Waals surface area contributed by atoms with E-state index in [0.29, 0.717) is 0 Å². The quantitative estimate of drug-likeness (QED) is 0.0747. The van der Waals surface area contributed by atoms with E-state index < -0.39 is 134 Å². The molecule has 4 rings (SSSR count). The van der Waals surface area contributed by atoms with Gasteiger partial charge >= 0.3 is 12.4 Å². The predicted molar refractivity (Wildman–Crippen MR) is 168 cm³/mol. The molecule has 0 spiro atoms. The Kier molecular flexibility index (Phi) is 10.6. The second-order valence-electron chi connectivity index (χ2n) is 11.2. The van der Waals surface area contributed by atoms with E-state index in [4.69, 9.17) is 0 Å². The van der Waals surface area contributed by atoms with Gasteiger partial charge in [0.25, 0.3) is 40.5 Å². The van der Waals surface area contributed by atoms with Crippen molar-refractivity contribution in [3.8, 4) is 11.5 Å². The highest BCUT2D eigenvalue weighted by molar-refractivity contribution is 7.87. The highest BCUT2D eigenvalue weighted by Crippen LogP contribution is 2.57. The van der Waals surface area contributed by atoms with E-state index in [0.717, 1.165) is 0 Å². The first kappa shape index (κ1) is 42.8. The normalized spacial score (nSPS) is 13.4. The number of hydrogen-bond donors (Lipinski definition) is 6. The summed E-state index contributed by atoms with van der Waals surface area (Å²) in [6.07, 6.45) is -13.1. The molecule has 4 aromatic rings. The van der Waals surface area contributed by atoms with Crippen LogP contribution in [0.5, 0.6) is 11.5 Å². The maximum Gasteiger partial charge on any atom is 0.411 e. The van der Waals surface area contributed by atoms with E-state index in [9.17, 15) is 71.7 Å². The number of ketones is 2. The molecule has 0 aliphatic rings. The van der Waals surface area contributed by atoms with Crippen LogP contribution in [0.4, 0.5) is 26.3 Å². The first-order valence-electron chi connectivity index (χ1n) is 13.8. The van der Waals surface area contributed by atoms with Gasteiger partial charge in [-0.15, -0.1) is 0 Å². The molecule has 0 bridgehead atoms. The maximum atomic E-state index is 15.1. The standard InChI is InChI=1S/C29H18F6O16S4/c30-28(31,32)27(29(33,34)35,15-1-3-23(36)21(9-15)25(38)13-5-17(52(40,41)42)11-18(6-13)53(43,44)45)16-2-4-24(37)22(10-16)26(39)14-7-19(54(46,47)48)12-20(8-14)55(49,50)51/h1-12,36-37H,(H,40,41,42)(H,43,44,45)(H,46,47,48)(H,49,50,51). The largest absolute Gasteiger partial charge is 0.507 e. The third-order valence-electron chi connectivity index (χ3n) is 7.67. The Morgan fingerprint density at radius 2 is 0.691 bits per heavy atom. The van der Waals surface area contributed by atoms with Gasteiger partial charge in [0.1, 0.15) is 11.5 Å². The molecule has 0 saturated carbocycles. The second kappa shape index (κ2) is 13.7. The summed E-state index contributed by atoms with van der Waals surface area (Å²) in [5, 5.41) is 20.8. The van der Waals surface area contributed by atoms with Gasteiger partial charge in [-0.25, -0.2) is 0 Å². The number of halogens is 6. The van der Waals surface area contributed by atoms with Crippen LogP contribution in [0.3, 0.4) is 0 Å². The summed E-state index contributed by atoms with van der Waals surface area (Å²) in [6, 6.07) is 0.922. The number of benzene rings is 4. The maximum absolute atomic E-state index is 15.1. The number of carbonyl (C=O) groups is 2. The highest BCUT2D eigenvalue weighted by atomic mass is 32.2. The Balaban J connectivity index is 2.06. The van der Waals surface area contributed by atoms with Crippen LogP contribution in [0.15, 0.2) is 92.4 Å². The van der Waals surface area contributed by atoms with Gasteiger partial charge in [0.2, 0.25) is 5.41 Å². The molecule has 0 aromatic heterocycles. The Bertz CT molecular complexity index is 2450. The second-order valence-corrected chi connectivity index (χ2v) is 16.8. The zero-order chi connectivity index (χ0) is 42.1. The number of phenols is 2. The molecule has 26 heteroatoms. The SMILES string of the molecule is O=C(c1cc(S(=O)(=O)O)cc(S(=O)(=O)O)c1)c1cc(C(c2ccc(O)c(C(=O)c3cc(S(=O)(=O)O)cc(S(=O)(=O)O)c3)c2)(C(F)(F)F)C(F)(F)F)ccc1O. The Labute approximate surface area is 304 Å². The van der Waals surface area contributed by atoms with E-state index in [1.165, 1.54) is 0 Å². The van der Waals surface area contributed by atoms with Crippen molar-refractivity contribution >= 4 is 52.0 Å². The lowest BCUT2D eigenvalue weighted by Crippen LogP contribution is -2.54. The number of aromatic hydroxyl groups is 2. The van der Waals surface area contributed by atoms with Crippen LogP contribution in [0.25, 0.3) is 0 Å². The molecule has 0 amide bonds. The van der Waals surface area contributed by atoms with Crippen LogP contribution in [-0.2, 0) is 45.9 Å². The molecule has 0 aliphatic heterocycles. The van der Waals surface area contributed by atoms with Crippen molar-refractivity contribution in [2.24, 2.45) is 0 Å². The third kappa shape index (κ3) is 8.20. The van der Waals surface area contributed by atoms with Crippen molar-refractivity contribution in [3.63, 3.8) is 0 Å². The van der Waals surface area contributed by atoms with Gasteiger partial charge in [-0.2, -0.15) is 60.0 Å². The van der Waals surface area contributed by atoms with Gasteiger partial charge in [0.15, 0.2) is 11.6 Å². The van der Waals surface area contributed by atoms with Gasteiger partial charge in [0, 0.05) is 11.1 Å². The zero-order valence-electron chi connectivity index (χ0n) is 26.1. The van der Waals surface area contributed by atoms with Crippen molar-refractivity contribution in [3.05, 3.63) is 106 Å². The molecule has 16 nitrogen and oxygen atoms in total. The van der Waals surface area contributed by atoms with Crippen molar-refractivity contribution in [1.82, 2.24) is 0 Å². The summed E-state index contributed by atoms with van der Waals surface area (Å²) < 4.78 is 222. The molecule has 0 radical (unpaired) electrons. The molecule has 0 heterocycles. The topological polar surface area (TPSA) is 292 Å². The van der Waals surface area contributed by atoms with E-state index >= 15 is 26.3 Å². The Morgan fingerprint density at radius 3 is 0.909 bits per heavy atom. The predicted octanol–water partition coefficient (Wildman–Crippen LogP) is 3.96. The number of alkyl halides is 6. The number of carbonyl (C=O) groups excluding carboxylic acids is 2. The molecule has 55 heavy (non-hydrogen) atoms. The zero-order valence-corrected chi connectivity index (χ0v) is 29.4. The van der Waals surface area contributed by atoms with Crippen LogP contribution < -0.4 is 0 Å². The summed E-state index contributed by atoms with van der Waals surface area (Å²) in [5.74, 6) is -6.51. The van der Waals surface area contributed by atoms with Gasteiger partial charge in [-0.05, 0) is 71.8 Å². The first-order chi connectivity index (χ1) is 24.7. The molecular formula is C29H18F6O16S4. The lowest BCUT2D eigenvalue weighted by molar-refractivity contribution is -0.288. The minimum Gasteiger partial charge on any atom is -0.507 e. The molecule has 6 N–H and O–H groups in total. The third-order valence-corrected chi connectivity index (χ3v) is 11.0. The van der Waals surface area contributed by atoms with Gasteiger partial charge < -0.3 is 10.2 Å². The molecule has 0 fully saturated rings. The minimum atomic E-state index is -6.55. The Hall–Kier alpha value is -4.96. The monoisotopic (exact) mass is 864 g/mol.